The Bertz CT molecular complexity index is 517. The Morgan fingerprint density at radius 2 is 2.17 bits per heavy atom. The van der Waals surface area contributed by atoms with Gasteiger partial charge in [0.25, 0.3) is 10.1 Å². The first kappa shape index (κ1) is 14.4. The number of carbonyl (C=O) groups is 1. The lowest BCUT2D eigenvalue weighted by atomic mass is 10.3. The zero-order valence-corrected chi connectivity index (χ0v) is 10.3. The van der Waals surface area contributed by atoms with Gasteiger partial charge in [-0.15, -0.1) is 0 Å². The van der Waals surface area contributed by atoms with E-state index in [4.69, 9.17) is 9.29 Å². The lowest BCUT2D eigenvalue weighted by Crippen LogP contribution is -2.38. The summed E-state index contributed by atoms with van der Waals surface area (Å²) in [4.78, 5) is 9.70. The van der Waals surface area contributed by atoms with Crippen molar-refractivity contribution in [1.29, 1.82) is 0 Å². The van der Waals surface area contributed by atoms with Crippen LogP contribution in [0, 0.1) is 0 Å². The maximum absolute atomic E-state index is 11.2. The summed E-state index contributed by atoms with van der Waals surface area (Å²) in [6.45, 7) is 0.0321. The van der Waals surface area contributed by atoms with Gasteiger partial charge in [0.05, 0.1) is 19.3 Å². The third kappa shape index (κ3) is 3.96. The summed E-state index contributed by atoms with van der Waals surface area (Å²) < 4.78 is 36.3. The Morgan fingerprint density at radius 3 is 2.72 bits per heavy atom. The molecular weight excluding hydrogens is 262 g/mol. The van der Waals surface area contributed by atoms with E-state index in [-0.39, 0.29) is 22.9 Å². The zero-order chi connectivity index (χ0) is 13.6. The monoisotopic (exact) mass is 275 g/mol. The first-order valence-electron chi connectivity index (χ1n) is 4.82. The van der Waals surface area contributed by atoms with Crippen molar-refractivity contribution >= 4 is 22.1 Å². The average Bonchev–Trinajstić information content (AvgIpc) is 2.33. The molecule has 0 heterocycles. The Labute approximate surface area is 104 Å². The van der Waals surface area contributed by atoms with Crippen molar-refractivity contribution in [3.05, 3.63) is 18.2 Å². The molecule has 0 fully saturated rings. The van der Waals surface area contributed by atoms with Crippen LogP contribution < -0.4 is 21.1 Å². The van der Waals surface area contributed by atoms with Crippen molar-refractivity contribution in [2.24, 2.45) is 0 Å². The number of hydrogen-bond acceptors (Lipinski definition) is 7. The van der Waals surface area contributed by atoms with Crippen LogP contribution in [-0.2, 0) is 14.9 Å². The lowest BCUT2D eigenvalue weighted by molar-refractivity contribution is -0.107. The van der Waals surface area contributed by atoms with Crippen molar-refractivity contribution in [2.75, 3.05) is 19.1 Å². The lowest BCUT2D eigenvalue weighted by Gasteiger charge is -2.12. The molecule has 1 aromatic rings. The minimum atomic E-state index is -4.39. The molecule has 0 spiro atoms. The number of rotatable bonds is 7. The average molecular weight is 275 g/mol. The topological polar surface area (TPSA) is 117 Å². The summed E-state index contributed by atoms with van der Waals surface area (Å²) in [6.07, 6.45) is 0.617. The van der Waals surface area contributed by atoms with Crippen LogP contribution in [-0.4, -0.2) is 32.9 Å². The van der Waals surface area contributed by atoms with Gasteiger partial charge >= 0.3 is 0 Å². The molecule has 0 bridgehead atoms. The Hall–Kier alpha value is -1.68. The summed E-state index contributed by atoms with van der Waals surface area (Å²) in [5.41, 5.74) is 7.46. The smallest absolute Gasteiger partial charge is 0.296 e. The van der Waals surface area contributed by atoms with Crippen molar-refractivity contribution in [1.82, 2.24) is 11.0 Å². The molecule has 1 rings (SSSR count). The van der Waals surface area contributed by atoms with E-state index < -0.39 is 10.1 Å². The second-order valence-corrected chi connectivity index (χ2v) is 4.52. The van der Waals surface area contributed by atoms with Crippen LogP contribution in [0.5, 0.6) is 5.75 Å². The molecule has 0 aliphatic rings. The molecule has 0 aliphatic heterocycles. The van der Waals surface area contributed by atoms with Gasteiger partial charge in [-0.1, -0.05) is 0 Å². The molecule has 100 valence electrons. The van der Waals surface area contributed by atoms with Gasteiger partial charge in [0.15, 0.2) is 0 Å². The summed E-state index contributed by atoms with van der Waals surface area (Å²) in [6, 6.07) is 4.08. The molecule has 9 heteroatoms. The minimum Gasteiger partial charge on any atom is -0.497 e. The fraction of sp³-hybridized carbons (Fsp3) is 0.222. The van der Waals surface area contributed by atoms with E-state index in [1.165, 1.54) is 25.3 Å². The van der Waals surface area contributed by atoms with E-state index in [1.807, 2.05) is 0 Å². The SMILES string of the molecule is COc1ccc(NNNCC=O)c(S(=O)(=O)O)c1. The third-order valence-corrected chi connectivity index (χ3v) is 2.83. The van der Waals surface area contributed by atoms with Crippen molar-refractivity contribution in [3.63, 3.8) is 0 Å². The highest BCUT2D eigenvalue weighted by Gasteiger charge is 2.16. The van der Waals surface area contributed by atoms with Crippen LogP contribution in [0.4, 0.5) is 5.69 Å². The van der Waals surface area contributed by atoms with Crippen LogP contribution in [0.3, 0.4) is 0 Å². The van der Waals surface area contributed by atoms with E-state index in [0.29, 0.717) is 6.29 Å². The fourth-order valence-corrected chi connectivity index (χ4v) is 1.81. The minimum absolute atomic E-state index is 0.0321. The number of nitrogens with one attached hydrogen (secondary N) is 3. The van der Waals surface area contributed by atoms with Crippen LogP contribution in [0.1, 0.15) is 0 Å². The maximum Gasteiger partial charge on any atom is 0.296 e. The van der Waals surface area contributed by atoms with E-state index in [9.17, 15) is 13.2 Å². The number of carbonyl (C=O) groups excluding carboxylic acids is 1. The number of hydrogen-bond donors (Lipinski definition) is 4. The van der Waals surface area contributed by atoms with Gasteiger partial charge in [-0.05, 0) is 12.1 Å². The number of aldehydes is 1. The molecule has 18 heavy (non-hydrogen) atoms. The molecule has 0 atom stereocenters. The van der Waals surface area contributed by atoms with Gasteiger partial charge < -0.3 is 15.0 Å². The predicted octanol–water partition coefficient (Wildman–Crippen LogP) is -0.438. The van der Waals surface area contributed by atoms with E-state index in [2.05, 4.69) is 16.4 Å². The van der Waals surface area contributed by atoms with Gasteiger partial charge in [0.1, 0.15) is 16.9 Å². The maximum atomic E-state index is 11.2. The number of benzene rings is 1. The predicted molar refractivity (Wildman–Crippen MR) is 63.6 cm³/mol. The second-order valence-electron chi connectivity index (χ2n) is 3.13. The number of hydrazine groups is 2. The van der Waals surface area contributed by atoms with Gasteiger partial charge in [0, 0.05) is 6.07 Å². The van der Waals surface area contributed by atoms with E-state index in [0.717, 1.165) is 0 Å². The standard InChI is InChI=1S/C9H13N3O5S/c1-17-7-2-3-8(11-12-10-4-5-13)9(6-7)18(14,15)16/h2-3,5-6,10-12H,4H2,1H3,(H,14,15,16). The van der Waals surface area contributed by atoms with E-state index in [1.54, 1.807) is 0 Å². The molecule has 1 aromatic carbocycles. The summed E-state index contributed by atoms with van der Waals surface area (Å²) in [5.74, 6) is 0.286. The molecule has 0 amide bonds. The molecule has 0 aromatic heterocycles. The first-order chi connectivity index (χ1) is 8.49. The Kier molecular flexibility index (Phi) is 5.04. The van der Waals surface area contributed by atoms with Gasteiger partial charge in [-0.2, -0.15) is 14.0 Å². The number of methoxy groups -OCH3 is 1. The fourth-order valence-electron chi connectivity index (χ4n) is 1.15. The molecular formula is C9H13N3O5S. The van der Waals surface area contributed by atoms with Gasteiger partial charge in [-0.25, -0.2) is 5.43 Å². The summed E-state index contributed by atoms with van der Waals surface area (Å²) in [7, 11) is -3.01. The van der Waals surface area contributed by atoms with Crippen molar-refractivity contribution in [3.8, 4) is 5.75 Å². The Morgan fingerprint density at radius 1 is 1.44 bits per heavy atom. The number of ether oxygens (including phenoxy) is 1. The van der Waals surface area contributed by atoms with Crippen LogP contribution in [0.15, 0.2) is 23.1 Å². The van der Waals surface area contributed by atoms with Crippen molar-refractivity contribution in [2.45, 2.75) is 4.90 Å². The normalized spacial score (nSPS) is 11.0. The second kappa shape index (κ2) is 6.31. The zero-order valence-electron chi connectivity index (χ0n) is 9.50. The molecule has 0 saturated heterocycles. The van der Waals surface area contributed by atoms with Crippen molar-refractivity contribution < 1.29 is 22.5 Å². The third-order valence-electron chi connectivity index (χ3n) is 1.94. The quantitative estimate of drug-likeness (QED) is 0.229. The molecule has 0 unspecified atom stereocenters. The van der Waals surface area contributed by atoms with Crippen LogP contribution in [0.25, 0.3) is 0 Å². The highest BCUT2D eigenvalue weighted by Crippen LogP contribution is 2.25. The number of anilines is 1. The molecule has 0 radical (unpaired) electrons. The molecule has 4 N–H and O–H groups in total. The van der Waals surface area contributed by atoms with Crippen LogP contribution in [0.2, 0.25) is 0 Å². The molecule has 0 saturated carbocycles. The Balaban J connectivity index is 2.93. The van der Waals surface area contributed by atoms with Gasteiger partial charge in [-0.3, -0.25) is 4.55 Å². The summed E-state index contributed by atoms with van der Waals surface area (Å²) >= 11 is 0. The first-order valence-corrected chi connectivity index (χ1v) is 6.26. The molecule has 8 nitrogen and oxygen atoms in total. The van der Waals surface area contributed by atoms with E-state index >= 15 is 0 Å². The highest BCUT2D eigenvalue weighted by atomic mass is 32.2. The van der Waals surface area contributed by atoms with Gasteiger partial charge in [0.2, 0.25) is 0 Å². The highest BCUT2D eigenvalue weighted by molar-refractivity contribution is 7.86. The largest absolute Gasteiger partial charge is 0.497 e. The molecule has 0 aliphatic carbocycles. The van der Waals surface area contributed by atoms with Crippen LogP contribution >= 0.6 is 0 Å². The summed E-state index contributed by atoms with van der Waals surface area (Å²) in [5, 5.41) is 0.